The minimum atomic E-state index is -0.663. The van der Waals surface area contributed by atoms with Crippen LogP contribution in [-0.4, -0.2) is 47.4 Å². The first-order valence-electron chi connectivity index (χ1n) is 40.9. The molecule has 88 heavy (non-hydrogen) atoms. The van der Waals surface area contributed by atoms with Crippen LogP contribution in [-0.2, 0) is 14.3 Å². The molecule has 0 aliphatic rings. The lowest BCUT2D eigenvalue weighted by molar-refractivity contribution is -0.143. The summed E-state index contributed by atoms with van der Waals surface area (Å²) in [4.78, 5) is 24.7. The van der Waals surface area contributed by atoms with Gasteiger partial charge >= 0.3 is 5.97 Å². The SMILES string of the molecule is CCCCCCCCCCCCCCCCCCCCCCCC(O)C(CO)NC(=O)CCCCCCCCCCCCCCCCCC/C=C\CCCCCCCCCCCCCCOC(=O)CCCCCCCCCCCCCCCCCCCC. The zero-order valence-corrected chi connectivity index (χ0v) is 60.3. The molecular weight excluding hydrogens is 1080 g/mol. The number of rotatable bonds is 78. The van der Waals surface area contributed by atoms with Gasteiger partial charge in [-0.25, -0.2) is 0 Å². The number of carbonyl (C=O) groups excluding carboxylic acids is 2. The first-order valence-corrected chi connectivity index (χ1v) is 40.9. The van der Waals surface area contributed by atoms with Crippen molar-refractivity contribution in [2.75, 3.05) is 13.2 Å². The molecule has 0 radical (unpaired) electrons. The smallest absolute Gasteiger partial charge is 0.305 e. The second kappa shape index (κ2) is 78.0. The Labute approximate surface area is 552 Å². The third-order valence-electron chi connectivity index (χ3n) is 19.6. The molecule has 524 valence electrons. The highest BCUT2D eigenvalue weighted by Crippen LogP contribution is 2.21. The highest BCUT2D eigenvalue weighted by atomic mass is 16.5. The number of nitrogens with one attached hydrogen (secondary N) is 1. The van der Waals surface area contributed by atoms with Crippen molar-refractivity contribution >= 4 is 11.9 Å². The van der Waals surface area contributed by atoms with E-state index in [-0.39, 0.29) is 18.5 Å². The maximum absolute atomic E-state index is 12.6. The third kappa shape index (κ3) is 73.6. The van der Waals surface area contributed by atoms with Gasteiger partial charge < -0.3 is 20.3 Å². The normalized spacial score (nSPS) is 12.5. The van der Waals surface area contributed by atoms with Gasteiger partial charge in [0.15, 0.2) is 0 Å². The van der Waals surface area contributed by atoms with Gasteiger partial charge in [0.05, 0.1) is 25.4 Å². The number of esters is 1. The van der Waals surface area contributed by atoms with Crippen LogP contribution in [0.3, 0.4) is 0 Å². The Hall–Kier alpha value is -1.40. The van der Waals surface area contributed by atoms with Gasteiger partial charge in [0.25, 0.3) is 0 Å². The van der Waals surface area contributed by atoms with E-state index in [0.717, 1.165) is 38.5 Å². The number of unbranched alkanes of at least 4 members (excludes halogenated alkanes) is 65. The summed E-state index contributed by atoms with van der Waals surface area (Å²) >= 11 is 0. The van der Waals surface area contributed by atoms with Crippen LogP contribution in [0.25, 0.3) is 0 Å². The lowest BCUT2D eigenvalue weighted by Gasteiger charge is -2.22. The van der Waals surface area contributed by atoms with Gasteiger partial charge in [0, 0.05) is 12.8 Å². The number of amides is 1. The maximum atomic E-state index is 12.6. The van der Waals surface area contributed by atoms with Gasteiger partial charge in [-0.15, -0.1) is 0 Å². The molecule has 0 aliphatic carbocycles. The van der Waals surface area contributed by atoms with Gasteiger partial charge in [-0.2, -0.15) is 0 Å². The van der Waals surface area contributed by atoms with Crippen LogP contribution in [0, 0.1) is 0 Å². The first kappa shape index (κ1) is 86.6. The summed E-state index contributed by atoms with van der Waals surface area (Å²) < 4.78 is 5.52. The fourth-order valence-corrected chi connectivity index (χ4v) is 13.3. The molecule has 6 heteroatoms. The first-order chi connectivity index (χ1) is 43.5. The average molecular weight is 1240 g/mol. The Bertz CT molecular complexity index is 1340. The number of hydrogen-bond acceptors (Lipinski definition) is 5. The molecule has 0 aromatic rings. The zero-order chi connectivity index (χ0) is 63.5. The van der Waals surface area contributed by atoms with Gasteiger partial charge in [-0.3, -0.25) is 9.59 Å². The Balaban J connectivity index is 3.34. The predicted octanol–water partition coefficient (Wildman–Crippen LogP) is 27.1. The standard InChI is InChI=1S/C82H161NO5/c1-3-5-7-9-11-13-15-17-19-21-23-36-39-42-46-50-54-58-62-66-70-74-80(85)79(78-84)83-81(86)75-71-67-63-59-55-51-47-43-40-37-34-32-30-28-26-24-25-27-29-31-33-35-38-41-45-49-53-57-61-65-69-73-77-88-82(87)76-72-68-64-60-56-52-48-44-22-20-18-16-14-12-10-8-6-4-2/h27,29,79-80,84-85H,3-26,28,30-78H2,1-2H3,(H,83,86)/b29-27-. The van der Waals surface area contributed by atoms with Crippen molar-refractivity contribution < 1.29 is 24.5 Å². The van der Waals surface area contributed by atoms with Crippen molar-refractivity contribution in [3.63, 3.8) is 0 Å². The Kier molecular flexibility index (Phi) is 76.8. The molecule has 0 fully saturated rings. The van der Waals surface area contributed by atoms with Crippen LogP contribution >= 0.6 is 0 Å². The highest BCUT2D eigenvalue weighted by Gasteiger charge is 2.20. The van der Waals surface area contributed by atoms with E-state index in [1.165, 1.54) is 405 Å². The molecule has 0 aliphatic heterocycles. The summed E-state index contributed by atoms with van der Waals surface area (Å²) in [6.45, 7) is 5.02. The van der Waals surface area contributed by atoms with Crippen LogP contribution in [0.1, 0.15) is 476 Å². The van der Waals surface area contributed by atoms with E-state index in [1.807, 2.05) is 0 Å². The van der Waals surface area contributed by atoms with Crippen LogP contribution < -0.4 is 5.32 Å². The van der Waals surface area contributed by atoms with Crippen molar-refractivity contribution in [1.82, 2.24) is 5.32 Å². The summed E-state index contributed by atoms with van der Waals surface area (Å²) in [6, 6.07) is -0.540. The number of carbonyl (C=O) groups is 2. The van der Waals surface area contributed by atoms with E-state index in [0.29, 0.717) is 25.9 Å². The second-order valence-corrected chi connectivity index (χ2v) is 28.5. The number of aliphatic hydroxyl groups is 2. The van der Waals surface area contributed by atoms with Crippen LogP contribution in [0.2, 0.25) is 0 Å². The minimum absolute atomic E-state index is 0.0241. The third-order valence-corrected chi connectivity index (χ3v) is 19.6. The molecule has 0 saturated carbocycles. The second-order valence-electron chi connectivity index (χ2n) is 28.5. The molecular formula is C82H161NO5. The molecule has 0 aromatic carbocycles. The number of allylic oxidation sites excluding steroid dienone is 2. The molecule has 0 spiro atoms. The molecule has 0 saturated heterocycles. The lowest BCUT2D eigenvalue weighted by atomic mass is 10.0. The number of aliphatic hydroxyl groups excluding tert-OH is 2. The molecule has 6 nitrogen and oxygen atoms in total. The summed E-state index contributed by atoms with van der Waals surface area (Å²) in [5.74, 6) is -0.00249. The van der Waals surface area contributed by atoms with E-state index in [4.69, 9.17) is 4.74 Å². The topological polar surface area (TPSA) is 95.9 Å². The summed E-state index contributed by atoms with van der Waals surface area (Å²) in [5, 5.41) is 23.5. The van der Waals surface area contributed by atoms with Gasteiger partial charge in [-0.1, -0.05) is 424 Å². The van der Waals surface area contributed by atoms with Crippen molar-refractivity contribution in [2.24, 2.45) is 0 Å². The molecule has 3 N–H and O–H groups in total. The summed E-state index contributed by atoms with van der Waals surface area (Å²) in [5.41, 5.74) is 0. The van der Waals surface area contributed by atoms with E-state index in [2.05, 4.69) is 31.3 Å². The number of ether oxygens (including phenoxy) is 1. The molecule has 0 bridgehead atoms. The van der Waals surface area contributed by atoms with E-state index >= 15 is 0 Å². The highest BCUT2D eigenvalue weighted by molar-refractivity contribution is 5.76. The summed E-state index contributed by atoms with van der Waals surface area (Å²) in [7, 11) is 0. The molecule has 1 amide bonds. The Morgan fingerprint density at radius 2 is 0.534 bits per heavy atom. The van der Waals surface area contributed by atoms with E-state index in [1.54, 1.807) is 0 Å². The van der Waals surface area contributed by atoms with E-state index in [9.17, 15) is 19.8 Å². The molecule has 0 rings (SSSR count). The largest absolute Gasteiger partial charge is 0.466 e. The van der Waals surface area contributed by atoms with Gasteiger partial charge in [0.2, 0.25) is 5.91 Å². The minimum Gasteiger partial charge on any atom is -0.466 e. The van der Waals surface area contributed by atoms with Gasteiger partial charge in [0.1, 0.15) is 0 Å². The van der Waals surface area contributed by atoms with Crippen molar-refractivity contribution in [2.45, 2.75) is 488 Å². The van der Waals surface area contributed by atoms with Crippen LogP contribution in [0.15, 0.2) is 12.2 Å². The van der Waals surface area contributed by atoms with Crippen LogP contribution in [0.4, 0.5) is 0 Å². The maximum Gasteiger partial charge on any atom is 0.305 e. The Morgan fingerprint density at radius 3 is 0.807 bits per heavy atom. The monoisotopic (exact) mass is 1240 g/mol. The fourth-order valence-electron chi connectivity index (χ4n) is 13.3. The lowest BCUT2D eigenvalue weighted by Crippen LogP contribution is -2.45. The van der Waals surface area contributed by atoms with Crippen molar-refractivity contribution in [1.29, 1.82) is 0 Å². The predicted molar refractivity (Wildman–Crippen MR) is 389 cm³/mol. The van der Waals surface area contributed by atoms with Crippen molar-refractivity contribution in [3.05, 3.63) is 12.2 Å². The average Bonchev–Trinajstić information content (AvgIpc) is 3.58. The summed E-state index contributed by atoms with van der Waals surface area (Å²) in [6.07, 6.45) is 98.9. The van der Waals surface area contributed by atoms with Crippen LogP contribution in [0.5, 0.6) is 0 Å². The number of hydrogen-bond donors (Lipinski definition) is 3. The van der Waals surface area contributed by atoms with E-state index < -0.39 is 12.1 Å². The molecule has 2 unspecified atom stereocenters. The van der Waals surface area contributed by atoms with Gasteiger partial charge in [-0.05, 0) is 51.4 Å². The zero-order valence-electron chi connectivity index (χ0n) is 60.3. The molecule has 0 heterocycles. The quantitative estimate of drug-likeness (QED) is 0.0320. The van der Waals surface area contributed by atoms with Crippen molar-refractivity contribution in [3.8, 4) is 0 Å². The fraction of sp³-hybridized carbons (Fsp3) is 0.951. The Morgan fingerprint density at radius 1 is 0.307 bits per heavy atom. The molecule has 2 atom stereocenters. The molecule has 0 aromatic heterocycles.